The average Bonchev–Trinajstić information content (AvgIpc) is 2.42. The van der Waals surface area contributed by atoms with Gasteiger partial charge in [0, 0.05) is 18.1 Å². The fourth-order valence-corrected chi connectivity index (χ4v) is 3.39. The van der Waals surface area contributed by atoms with E-state index in [2.05, 4.69) is 9.71 Å². The average molecular weight is 308 g/mol. The molecule has 5 nitrogen and oxygen atoms in total. The predicted molar refractivity (Wildman–Crippen MR) is 82.6 cm³/mol. The third kappa shape index (κ3) is 4.00. The molecule has 2 rings (SSSR count). The third-order valence-corrected chi connectivity index (χ3v) is 4.68. The molecule has 21 heavy (non-hydrogen) atoms. The van der Waals surface area contributed by atoms with Crippen molar-refractivity contribution >= 4 is 20.9 Å². The first-order chi connectivity index (χ1) is 9.90. The number of para-hydroxylation sites is 1. The molecule has 1 unspecified atom stereocenters. The highest BCUT2D eigenvalue weighted by Gasteiger charge is 2.17. The Hall–Kier alpha value is -1.50. The van der Waals surface area contributed by atoms with Crippen molar-refractivity contribution < 1.29 is 13.5 Å². The number of rotatable bonds is 6. The maximum absolute atomic E-state index is 12.4. The molecule has 1 atom stereocenters. The van der Waals surface area contributed by atoms with E-state index < -0.39 is 16.1 Å². The number of hydrogen-bond donors (Lipinski definition) is 2. The first-order valence-electron chi connectivity index (χ1n) is 6.93. The number of nitrogens with zero attached hydrogens (tertiary/aromatic N) is 1. The normalized spacial score (nSPS) is 13.5. The Morgan fingerprint density at radius 1 is 1.38 bits per heavy atom. The van der Waals surface area contributed by atoms with Crippen LogP contribution in [-0.2, 0) is 10.0 Å². The van der Waals surface area contributed by atoms with Crippen molar-refractivity contribution in [3.63, 3.8) is 0 Å². The Kier molecular flexibility index (Phi) is 4.92. The molecule has 1 aromatic carbocycles. The zero-order valence-electron chi connectivity index (χ0n) is 12.2. The van der Waals surface area contributed by atoms with Crippen LogP contribution in [0.25, 0.3) is 10.9 Å². The van der Waals surface area contributed by atoms with Crippen LogP contribution in [0.3, 0.4) is 0 Å². The number of sulfonamides is 1. The minimum absolute atomic E-state index is 0.192. The van der Waals surface area contributed by atoms with Crippen molar-refractivity contribution in [3.8, 4) is 0 Å². The summed E-state index contributed by atoms with van der Waals surface area (Å²) in [7, 11) is -3.59. The standard InChI is InChI=1S/C15H20N2O3S/c1-11-9-13-6-3-7-14(15(13)16-10-11)21(19,20)17-8-4-5-12(2)18/h3,6-7,9-10,12,17-18H,4-5,8H2,1-2H3. The number of aliphatic hydroxyl groups is 1. The van der Waals surface area contributed by atoms with Gasteiger partial charge in [-0.15, -0.1) is 0 Å². The monoisotopic (exact) mass is 308 g/mol. The second-order valence-corrected chi connectivity index (χ2v) is 6.96. The van der Waals surface area contributed by atoms with Crippen LogP contribution in [0.1, 0.15) is 25.3 Å². The number of aromatic nitrogens is 1. The number of aryl methyl sites for hydroxylation is 1. The van der Waals surface area contributed by atoms with Gasteiger partial charge in [0.2, 0.25) is 10.0 Å². The Labute approximate surface area is 125 Å². The molecule has 0 fully saturated rings. The molecule has 6 heteroatoms. The summed E-state index contributed by atoms with van der Waals surface area (Å²) in [5.74, 6) is 0. The summed E-state index contributed by atoms with van der Waals surface area (Å²) < 4.78 is 27.3. The van der Waals surface area contributed by atoms with Crippen molar-refractivity contribution in [2.75, 3.05) is 6.54 Å². The van der Waals surface area contributed by atoms with E-state index in [1.165, 1.54) is 0 Å². The lowest BCUT2D eigenvalue weighted by atomic mass is 10.2. The summed E-state index contributed by atoms with van der Waals surface area (Å²) in [6, 6.07) is 7.03. The summed E-state index contributed by atoms with van der Waals surface area (Å²) in [4.78, 5) is 4.44. The van der Waals surface area contributed by atoms with Crippen LogP contribution in [0.4, 0.5) is 0 Å². The zero-order chi connectivity index (χ0) is 15.5. The molecule has 1 heterocycles. The smallest absolute Gasteiger partial charge is 0.242 e. The van der Waals surface area contributed by atoms with Gasteiger partial charge in [-0.05, 0) is 44.4 Å². The van der Waals surface area contributed by atoms with Gasteiger partial charge in [0.1, 0.15) is 4.90 Å². The number of pyridine rings is 1. The minimum Gasteiger partial charge on any atom is -0.393 e. The summed E-state index contributed by atoms with van der Waals surface area (Å²) >= 11 is 0. The van der Waals surface area contributed by atoms with Crippen molar-refractivity contribution in [1.82, 2.24) is 9.71 Å². The molecule has 0 aliphatic carbocycles. The Bertz CT molecular complexity index is 727. The first kappa shape index (κ1) is 15.9. The lowest BCUT2D eigenvalue weighted by Crippen LogP contribution is -2.25. The minimum atomic E-state index is -3.59. The van der Waals surface area contributed by atoms with E-state index in [0.717, 1.165) is 10.9 Å². The quantitative estimate of drug-likeness (QED) is 0.800. The zero-order valence-corrected chi connectivity index (χ0v) is 13.0. The van der Waals surface area contributed by atoms with Gasteiger partial charge >= 0.3 is 0 Å². The summed E-state index contributed by atoms with van der Waals surface area (Å²) in [5, 5.41) is 9.99. The van der Waals surface area contributed by atoms with Crippen LogP contribution in [-0.4, -0.2) is 31.2 Å². The molecular formula is C15H20N2O3S. The second-order valence-electron chi connectivity index (χ2n) is 5.23. The van der Waals surface area contributed by atoms with Crippen molar-refractivity contribution in [1.29, 1.82) is 0 Å². The molecule has 2 N–H and O–H groups in total. The lowest BCUT2D eigenvalue weighted by molar-refractivity contribution is 0.182. The van der Waals surface area contributed by atoms with Gasteiger partial charge in [0.15, 0.2) is 0 Å². The number of benzene rings is 1. The fourth-order valence-electron chi connectivity index (χ4n) is 2.14. The van der Waals surface area contributed by atoms with E-state index in [0.29, 0.717) is 24.9 Å². The summed E-state index contributed by atoms with van der Waals surface area (Å²) in [6.45, 7) is 3.91. The highest BCUT2D eigenvalue weighted by atomic mass is 32.2. The lowest BCUT2D eigenvalue weighted by Gasteiger charge is -2.10. The molecule has 0 radical (unpaired) electrons. The topological polar surface area (TPSA) is 79.3 Å². The van der Waals surface area contributed by atoms with Gasteiger partial charge in [-0.3, -0.25) is 4.98 Å². The number of hydrogen-bond acceptors (Lipinski definition) is 4. The van der Waals surface area contributed by atoms with E-state index in [9.17, 15) is 13.5 Å². The maximum atomic E-state index is 12.4. The maximum Gasteiger partial charge on any atom is 0.242 e. The SMILES string of the molecule is Cc1cnc2c(S(=O)(=O)NCCCC(C)O)cccc2c1. The van der Waals surface area contributed by atoms with Crippen LogP contribution in [0.15, 0.2) is 35.4 Å². The highest BCUT2D eigenvalue weighted by Crippen LogP contribution is 2.21. The first-order valence-corrected chi connectivity index (χ1v) is 8.41. The molecule has 0 saturated heterocycles. The van der Waals surface area contributed by atoms with Gasteiger partial charge in [-0.2, -0.15) is 0 Å². The van der Waals surface area contributed by atoms with Gasteiger partial charge in [0.25, 0.3) is 0 Å². The van der Waals surface area contributed by atoms with Gasteiger partial charge < -0.3 is 5.11 Å². The molecule has 0 amide bonds. The van der Waals surface area contributed by atoms with E-state index in [-0.39, 0.29) is 4.90 Å². The van der Waals surface area contributed by atoms with Crippen molar-refractivity contribution in [3.05, 3.63) is 36.0 Å². The van der Waals surface area contributed by atoms with Crippen LogP contribution in [0, 0.1) is 6.92 Å². The Morgan fingerprint density at radius 3 is 2.86 bits per heavy atom. The number of nitrogens with one attached hydrogen (secondary N) is 1. The van der Waals surface area contributed by atoms with Crippen LogP contribution in [0.5, 0.6) is 0 Å². The summed E-state index contributed by atoms with van der Waals surface area (Å²) in [5.41, 5.74) is 1.47. The highest BCUT2D eigenvalue weighted by molar-refractivity contribution is 7.89. The van der Waals surface area contributed by atoms with Gasteiger partial charge in [-0.1, -0.05) is 12.1 Å². The molecule has 1 aromatic heterocycles. The van der Waals surface area contributed by atoms with Gasteiger partial charge in [0.05, 0.1) is 11.6 Å². The number of fused-ring (bicyclic) bond motifs is 1. The third-order valence-electron chi connectivity index (χ3n) is 3.19. The van der Waals surface area contributed by atoms with Crippen LogP contribution in [0.2, 0.25) is 0 Å². The Balaban J connectivity index is 2.24. The predicted octanol–water partition coefficient (Wildman–Crippen LogP) is 1.98. The molecular weight excluding hydrogens is 288 g/mol. The fraction of sp³-hybridized carbons (Fsp3) is 0.400. The molecule has 0 aliphatic rings. The second kappa shape index (κ2) is 6.51. The molecule has 114 valence electrons. The van der Waals surface area contributed by atoms with E-state index >= 15 is 0 Å². The molecule has 0 spiro atoms. The molecule has 0 saturated carbocycles. The molecule has 0 aliphatic heterocycles. The van der Waals surface area contributed by atoms with E-state index in [1.54, 1.807) is 25.3 Å². The number of aliphatic hydroxyl groups excluding tert-OH is 1. The van der Waals surface area contributed by atoms with Gasteiger partial charge in [-0.25, -0.2) is 13.1 Å². The van der Waals surface area contributed by atoms with E-state index in [1.807, 2.05) is 19.1 Å². The van der Waals surface area contributed by atoms with Crippen molar-refractivity contribution in [2.24, 2.45) is 0 Å². The molecule has 2 aromatic rings. The van der Waals surface area contributed by atoms with Crippen LogP contribution < -0.4 is 4.72 Å². The van der Waals surface area contributed by atoms with E-state index in [4.69, 9.17) is 0 Å². The van der Waals surface area contributed by atoms with Crippen molar-refractivity contribution in [2.45, 2.75) is 37.7 Å². The van der Waals surface area contributed by atoms with Crippen LogP contribution >= 0.6 is 0 Å². The largest absolute Gasteiger partial charge is 0.393 e. The summed E-state index contributed by atoms with van der Waals surface area (Å²) in [6.07, 6.45) is 2.40. The molecule has 0 bridgehead atoms. The Morgan fingerprint density at radius 2 is 2.14 bits per heavy atom.